The van der Waals surface area contributed by atoms with Crippen molar-refractivity contribution >= 4 is 23.2 Å². The lowest BCUT2D eigenvalue weighted by Gasteiger charge is -2.18. The number of aliphatic hydroxyl groups excluding tert-OH is 1. The highest BCUT2D eigenvalue weighted by molar-refractivity contribution is 6.33. The molecule has 2 nitrogen and oxygen atoms in total. The Morgan fingerprint density at radius 1 is 1.10 bits per heavy atom. The molecular formula is C13H8Cl2F3NO. The molecule has 0 amide bonds. The minimum absolute atomic E-state index is 0.0951. The smallest absolute Gasteiger partial charge is 0.384 e. The summed E-state index contributed by atoms with van der Waals surface area (Å²) in [6.07, 6.45) is -4.18. The summed E-state index contributed by atoms with van der Waals surface area (Å²) in [5.74, 6) is 0. The summed E-state index contributed by atoms with van der Waals surface area (Å²) in [7, 11) is 0. The minimum Gasteiger partial charge on any atom is -0.384 e. The lowest BCUT2D eigenvalue weighted by Crippen LogP contribution is -2.13. The van der Waals surface area contributed by atoms with Crippen LogP contribution in [0.1, 0.15) is 22.8 Å². The summed E-state index contributed by atoms with van der Waals surface area (Å²) in [5.41, 5.74) is -1.24. The van der Waals surface area contributed by atoms with Crippen LogP contribution >= 0.6 is 23.2 Å². The molecule has 2 rings (SSSR count). The van der Waals surface area contributed by atoms with Crippen LogP contribution in [-0.4, -0.2) is 10.1 Å². The minimum atomic E-state index is -4.59. The molecule has 2 aromatic rings. The molecule has 1 heterocycles. The van der Waals surface area contributed by atoms with Crippen molar-refractivity contribution in [1.82, 2.24) is 4.98 Å². The summed E-state index contributed by atoms with van der Waals surface area (Å²) >= 11 is 11.7. The van der Waals surface area contributed by atoms with Gasteiger partial charge in [0.25, 0.3) is 0 Å². The highest BCUT2D eigenvalue weighted by Gasteiger charge is 2.35. The van der Waals surface area contributed by atoms with Gasteiger partial charge in [-0.15, -0.1) is 0 Å². The van der Waals surface area contributed by atoms with Crippen molar-refractivity contribution in [2.45, 2.75) is 12.3 Å². The van der Waals surface area contributed by atoms with Crippen LogP contribution in [0.15, 0.2) is 36.7 Å². The van der Waals surface area contributed by atoms with Gasteiger partial charge in [-0.1, -0.05) is 23.2 Å². The summed E-state index contributed by atoms with van der Waals surface area (Å²) in [4.78, 5) is 3.62. The van der Waals surface area contributed by atoms with Crippen LogP contribution in [-0.2, 0) is 6.18 Å². The number of aliphatic hydroxyl groups is 1. The average Bonchev–Trinajstić information content (AvgIpc) is 2.40. The lowest BCUT2D eigenvalue weighted by molar-refractivity contribution is -0.139. The van der Waals surface area contributed by atoms with Crippen LogP contribution in [0.5, 0.6) is 0 Å². The first-order chi connectivity index (χ1) is 9.30. The summed E-state index contributed by atoms with van der Waals surface area (Å²) in [6, 6.07) is 5.01. The number of halogens is 5. The molecule has 0 spiro atoms. The molecule has 1 unspecified atom stereocenters. The molecule has 0 radical (unpaired) electrons. The molecule has 106 valence electrons. The highest BCUT2D eigenvalue weighted by Crippen LogP contribution is 2.38. The van der Waals surface area contributed by atoms with Crippen molar-refractivity contribution in [2.24, 2.45) is 0 Å². The van der Waals surface area contributed by atoms with Crippen LogP contribution in [0.4, 0.5) is 13.2 Å². The van der Waals surface area contributed by atoms with E-state index in [1.165, 1.54) is 18.2 Å². The fraction of sp³-hybridized carbons (Fsp3) is 0.154. The molecule has 7 heteroatoms. The van der Waals surface area contributed by atoms with E-state index in [4.69, 9.17) is 23.2 Å². The van der Waals surface area contributed by atoms with Gasteiger partial charge in [-0.2, -0.15) is 13.2 Å². The van der Waals surface area contributed by atoms with Gasteiger partial charge in [0.1, 0.15) is 6.10 Å². The second kappa shape index (κ2) is 5.60. The molecule has 0 bridgehead atoms. The summed E-state index contributed by atoms with van der Waals surface area (Å²) < 4.78 is 38.7. The Hall–Kier alpha value is -1.30. The Morgan fingerprint density at radius 2 is 1.80 bits per heavy atom. The van der Waals surface area contributed by atoms with Gasteiger partial charge in [0.15, 0.2) is 0 Å². The van der Waals surface area contributed by atoms with Crippen molar-refractivity contribution in [2.75, 3.05) is 0 Å². The molecule has 0 saturated heterocycles. The maximum absolute atomic E-state index is 12.9. The zero-order valence-electron chi connectivity index (χ0n) is 9.83. The van der Waals surface area contributed by atoms with E-state index in [-0.39, 0.29) is 21.2 Å². The van der Waals surface area contributed by atoms with E-state index in [0.717, 1.165) is 18.5 Å². The van der Waals surface area contributed by atoms with E-state index in [1.54, 1.807) is 0 Å². The second-order valence-electron chi connectivity index (χ2n) is 4.03. The number of hydrogen-bond acceptors (Lipinski definition) is 2. The molecule has 20 heavy (non-hydrogen) atoms. The van der Waals surface area contributed by atoms with Crippen molar-refractivity contribution in [1.29, 1.82) is 0 Å². The van der Waals surface area contributed by atoms with E-state index in [2.05, 4.69) is 4.98 Å². The molecule has 1 aromatic carbocycles. The molecule has 0 aliphatic heterocycles. The van der Waals surface area contributed by atoms with E-state index < -0.39 is 17.8 Å². The molecule has 0 fully saturated rings. The van der Waals surface area contributed by atoms with Gasteiger partial charge in [-0.05, 0) is 24.3 Å². The zero-order chi connectivity index (χ0) is 14.9. The largest absolute Gasteiger partial charge is 0.416 e. The Kier molecular flexibility index (Phi) is 4.22. The van der Waals surface area contributed by atoms with E-state index in [9.17, 15) is 18.3 Å². The monoisotopic (exact) mass is 321 g/mol. The number of benzene rings is 1. The fourth-order valence-corrected chi connectivity index (χ4v) is 2.18. The molecule has 0 aliphatic carbocycles. The number of pyridine rings is 1. The quantitative estimate of drug-likeness (QED) is 0.884. The van der Waals surface area contributed by atoms with Crippen LogP contribution in [0.25, 0.3) is 0 Å². The molecular weight excluding hydrogens is 314 g/mol. The Morgan fingerprint density at radius 3 is 2.45 bits per heavy atom. The molecule has 1 aromatic heterocycles. The second-order valence-corrected chi connectivity index (χ2v) is 4.87. The number of aromatic nitrogens is 1. The van der Waals surface area contributed by atoms with Gasteiger partial charge in [0, 0.05) is 33.6 Å². The zero-order valence-corrected chi connectivity index (χ0v) is 11.3. The first-order valence-electron chi connectivity index (χ1n) is 5.45. The number of nitrogens with zero attached hydrogens (tertiary/aromatic N) is 1. The Bertz CT molecular complexity index is 631. The molecule has 1 N–H and O–H groups in total. The Labute approximate surface area is 122 Å². The van der Waals surface area contributed by atoms with Crippen molar-refractivity contribution in [3.05, 3.63) is 63.4 Å². The third-order valence-corrected chi connectivity index (χ3v) is 3.28. The Balaban J connectivity index is 2.54. The first-order valence-corrected chi connectivity index (χ1v) is 6.20. The van der Waals surface area contributed by atoms with E-state index in [1.807, 2.05) is 0 Å². The van der Waals surface area contributed by atoms with Gasteiger partial charge >= 0.3 is 6.18 Å². The van der Waals surface area contributed by atoms with E-state index in [0.29, 0.717) is 0 Å². The molecule has 0 saturated carbocycles. The summed E-state index contributed by atoms with van der Waals surface area (Å²) in [5, 5.41) is 10.5. The third kappa shape index (κ3) is 3.06. The highest BCUT2D eigenvalue weighted by atomic mass is 35.5. The predicted molar refractivity (Wildman–Crippen MR) is 69.8 cm³/mol. The standard InChI is InChI=1S/C13H8Cl2F3NO/c14-7-1-2-11(15)8(5-7)12(20)9-6-19-4-3-10(9)13(16,17)18/h1-6,12,20H. The van der Waals surface area contributed by atoms with Crippen LogP contribution in [0.2, 0.25) is 10.0 Å². The van der Waals surface area contributed by atoms with Gasteiger partial charge in [0.2, 0.25) is 0 Å². The molecule has 0 aliphatic rings. The maximum Gasteiger partial charge on any atom is 0.416 e. The number of hydrogen-bond donors (Lipinski definition) is 1. The number of rotatable bonds is 2. The van der Waals surface area contributed by atoms with Crippen LogP contribution in [0.3, 0.4) is 0 Å². The lowest BCUT2D eigenvalue weighted by atomic mass is 9.98. The third-order valence-electron chi connectivity index (χ3n) is 2.70. The van der Waals surface area contributed by atoms with E-state index >= 15 is 0 Å². The predicted octanol–water partition coefficient (Wildman–Crippen LogP) is 4.49. The first kappa shape index (κ1) is 15.1. The van der Waals surface area contributed by atoms with Crippen molar-refractivity contribution in [3.8, 4) is 0 Å². The SMILES string of the molecule is OC(c1cc(Cl)ccc1Cl)c1cnccc1C(F)(F)F. The van der Waals surface area contributed by atoms with Crippen molar-refractivity contribution < 1.29 is 18.3 Å². The maximum atomic E-state index is 12.9. The van der Waals surface area contributed by atoms with Gasteiger partial charge in [-0.3, -0.25) is 4.98 Å². The normalized spacial score (nSPS) is 13.3. The topological polar surface area (TPSA) is 33.1 Å². The summed E-state index contributed by atoms with van der Waals surface area (Å²) in [6.45, 7) is 0. The fourth-order valence-electron chi connectivity index (χ4n) is 1.77. The number of alkyl halides is 3. The van der Waals surface area contributed by atoms with Gasteiger partial charge < -0.3 is 5.11 Å². The van der Waals surface area contributed by atoms with Gasteiger partial charge in [0.05, 0.1) is 5.56 Å². The van der Waals surface area contributed by atoms with Crippen LogP contribution in [0, 0.1) is 0 Å². The van der Waals surface area contributed by atoms with Crippen molar-refractivity contribution in [3.63, 3.8) is 0 Å². The van der Waals surface area contributed by atoms with Crippen LogP contribution < -0.4 is 0 Å². The average molecular weight is 322 g/mol. The van der Waals surface area contributed by atoms with Gasteiger partial charge in [-0.25, -0.2) is 0 Å². The molecule has 1 atom stereocenters.